The summed E-state index contributed by atoms with van der Waals surface area (Å²) in [7, 11) is 0. The van der Waals surface area contributed by atoms with Gasteiger partial charge in [0.15, 0.2) is 13.2 Å². The van der Waals surface area contributed by atoms with Gasteiger partial charge in [-0.05, 0) is 35.2 Å². The second-order valence-electron chi connectivity index (χ2n) is 8.09. The fourth-order valence-electron chi connectivity index (χ4n) is 3.93. The van der Waals surface area contributed by atoms with Crippen molar-refractivity contribution in [2.45, 2.75) is 18.8 Å². The number of carboxylic acid groups (broad SMARTS) is 1. The third-order valence-corrected chi connectivity index (χ3v) is 5.62. The van der Waals surface area contributed by atoms with Crippen molar-refractivity contribution in [1.29, 1.82) is 0 Å². The van der Waals surface area contributed by atoms with Gasteiger partial charge < -0.3 is 14.6 Å². The zero-order valence-electron chi connectivity index (χ0n) is 18.7. The van der Waals surface area contributed by atoms with Gasteiger partial charge in [-0.15, -0.1) is 0 Å². The normalized spacial score (nSPS) is 13.7. The Labute approximate surface area is 214 Å². The van der Waals surface area contributed by atoms with E-state index in [1.807, 2.05) is 0 Å². The standard InChI is InChI=1S/C24H14ClF6NO6/c25-13-6-11(7-17(33)34)4-5-14(13)32-21(35)19-16(38-10-24(29,30)31)8-12-2-1-3-15(37-9-23(26,27)28)18(12)20(19)22(32)36/h1-6,8H,7,9-10H2,(H,33,34). The molecule has 7 nitrogen and oxygen atoms in total. The number of nitrogens with zero attached hydrogens (tertiary/aromatic N) is 1. The molecule has 0 fully saturated rings. The van der Waals surface area contributed by atoms with Crippen LogP contribution in [0.1, 0.15) is 26.3 Å². The van der Waals surface area contributed by atoms with Crippen molar-refractivity contribution in [2.75, 3.05) is 18.1 Å². The van der Waals surface area contributed by atoms with Gasteiger partial charge in [-0.1, -0.05) is 29.8 Å². The van der Waals surface area contributed by atoms with E-state index < -0.39 is 72.4 Å². The van der Waals surface area contributed by atoms with Crippen molar-refractivity contribution in [3.63, 3.8) is 0 Å². The van der Waals surface area contributed by atoms with E-state index >= 15 is 0 Å². The van der Waals surface area contributed by atoms with Gasteiger partial charge >= 0.3 is 18.3 Å². The van der Waals surface area contributed by atoms with Crippen molar-refractivity contribution in [2.24, 2.45) is 0 Å². The van der Waals surface area contributed by atoms with Gasteiger partial charge in [0.1, 0.15) is 11.5 Å². The first-order chi connectivity index (χ1) is 17.7. The molecule has 1 N–H and O–H groups in total. The monoisotopic (exact) mass is 561 g/mol. The average Bonchev–Trinajstić information content (AvgIpc) is 3.05. The number of aliphatic carboxylic acids is 1. The third-order valence-electron chi connectivity index (χ3n) is 5.32. The van der Waals surface area contributed by atoms with Crippen molar-refractivity contribution in [1.82, 2.24) is 0 Å². The molecule has 0 radical (unpaired) electrons. The molecule has 0 spiro atoms. The van der Waals surface area contributed by atoms with Crippen LogP contribution in [-0.4, -0.2) is 48.5 Å². The van der Waals surface area contributed by atoms with Crippen LogP contribution in [0.2, 0.25) is 5.02 Å². The predicted octanol–water partition coefficient (Wildman–Crippen LogP) is 5.80. The summed E-state index contributed by atoms with van der Waals surface area (Å²) >= 11 is 6.21. The second kappa shape index (κ2) is 9.71. The molecule has 2 amide bonds. The van der Waals surface area contributed by atoms with E-state index in [0.717, 1.165) is 12.1 Å². The number of fused-ring (bicyclic) bond motifs is 3. The van der Waals surface area contributed by atoms with Crippen molar-refractivity contribution < 1.29 is 55.3 Å². The molecular formula is C24H14ClF6NO6. The summed E-state index contributed by atoms with van der Waals surface area (Å²) in [6.45, 7) is -3.56. The largest absolute Gasteiger partial charge is 0.483 e. The number of carboxylic acids is 1. The number of alkyl halides is 6. The van der Waals surface area contributed by atoms with Gasteiger partial charge in [0, 0.05) is 5.39 Å². The highest BCUT2D eigenvalue weighted by atomic mass is 35.5. The molecule has 1 heterocycles. The predicted molar refractivity (Wildman–Crippen MR) is 121 cm³/mol. The molecule has 3 aromatic carbocycles. The Kier molecular flexibility index (Phi) is 6.91. The Bertz CT molecular complexity index is 1470. The first-order valence-electron chi connectivity index (χ1n) is 10.5. The molecular weight excluding hydrogens is 548 g/mol. The van der Waals surface area contributed by atoms with Crippen LogP contribution in [0.15, 0.2) is 42.5 Å². The lowest BCUT2D eigenvalue weighted by molar-refractivity contribution is -0.153. The molecule has 3 aromatic rings. The van der Waals surface area contributed by atoms with Crippen molar-refractivity contribution in [3.8, 4) is 11.5 Å². The number of carbonyl (C=O) groups is 3. The van der Waals surface area contributed by atoms with Gasteiger partial charge in [-0.25, -0.2) is 4.90 Å². The van der Waals surface area contributed by atoms with E-state index in [1.165, 1.54) is 30.3 Å². The molecule has 1 aliphatic rings. The Balaban J connectivity index is 1.90. The minimum Gasteiger partial charge on any atom is -0.483 e. The summed E-state index contributed by atoms with van der Waals surface area (Å²) in [6.07, 6.45) is -9.99. The lowest BCUT2D eigenvalue weighted by atomic mass is 9.98. The summed E-state index contributed by atoms with van der Waals surface area (Å²) in [5, 5.41) is 8.47. The smallest absolute Gasteiger partial charge is 0.422 e. The van der Waals surface area contributed by atoms with Crippen LogP contribution in [0.4, 0.5) is 32.0 Å². The van der Waals surface area contributed by atoms with E-state index in [4.69, 9.17) is 26.2 Å². The fourth-order valence-corrected chi connectivity index (χ4v) is 4.22. The number of ether oxygens (including phenoxy) is 2. The highest BCUT2D eigenvalue weighted by molar-refractivity contribution is 6.42. The zero-order valence-corrected chi connectivity index (χ0v) is 19.5. The van der Waals surface area contributed by atoms with E-state index in [-0.39, 0.29) is 27.0 Å². The summed E-state index contributed by atoms with van der Waals surface area (Å²) < 4.78 is 86.9. The van der Waals surface area contributed by atoms with Crippen LogP contribution >= 0.6 is 11.6 Å². The highest BCUT2D eigenvalue weighted by Crippen LogP contribution is 2.44. The Morgan fingerprint density at radius 2 is 1.47 bits per heavy atom. The lowest BCUT2D eigenvalue weighted by Crippen LogP contribution is -2.30. The topological polar surface area (TPSA) is 93.1 Å². The molecule has 1 aliphatic heterocycles. The number of halogens is 7. The fraction of sp³-hybridized carbons (Fsp3) is 0.208. The second-order valence-corrected chi connectivity index (χ2v) is 8.50. The quantitative estimate of drug-likeness (QED) is 0.289. The number of anilines is 1. The molecule has 0 saturated carbocycles. The Morgan fingerprint density at radius 3 is 2.05 bits per heavy atom. The summed E-state index contributed by atoms with van der Waals surface area (Å²) in [4.78, 5) is 38.5. The molecule has 0 aliphatic carbocycles. The molecule has 0 atom stereocenters. The van der Waals surface area contributed by atoms with Gasteiger partial charge in [0.05, 0.1) is 28.3 Å². The van der Waals surface area contributed by atoms with Crippen LogP contribution in [0.25, 0.3) is 10.8 Å². The molecule has 4 rings (SSSR count). The molecule has 0 aromatic heterocycles. The van der Waals surface area contributed by atoms with Gasteiger partial charge in [0.2, 0.25) is 0 Å². The van der Waals surface area contributed by atoms with E-state index in [2.05, 4.69) is 0 Å². The lowest BCUT2D eigenvalue weighted by Gasteiger charge is -2.16. The van der Waals surface area contributed by atoms with Gasteiger partial charge in [-0.3, -0.25) is 14.4 Å². The number of carbonyl (C=O) groups excluding carboxylic acids is 2. The Morgan fingerprint density at radius 1 is 0.868 bits per heavy atom. The number of hydrogen-bond donors (Lipinski definition) is 1. The summed E-state index contributed by atoms with van der Waals surface area (Å²) in [5.74, 6) is -4.51. The number of hydrogen-bond acceptors (Lipinski definition) is 5. The molecule has 0 saturated heterocycles. The Hall–Kier alpha value is -4.00. The minimum absolute atomic E-state index is 0.0218. The van der Waals surface area contributed by atoms with Crippen LogP contribution in [-0.2, 0) is 11.2 Å². The highest BCUT2D eigenvalue weighted by Gasteiger charge is 2.43. The van der Waals surface area contributed by atoms with Gasteiger partial charge in [-0.2, -0.15) is 26.3 Å². The first kappa shape index (κ1) is 27.0. The van der Waals surface area contributed by atoms with E-state index in [1.54, 1.807) is 0 Å². The maximum absolute atomic E-state index is 13.5. The van der Waals surface area contributed by atoms with Crippen LogP contribution in [0.5, 0.6) is 11.5 Å². The molecule has 38 heavy (non-hydrogen) atoms. The molecule has 200 valence electrons. The first-order valence-corrected chi connectivity index (χ1v) is 10.9. The summed E-state index contributed by atoms with van der Waals surface area (Å²) in [5.41, 5.74) is -1.16. The molecule has 14 heteroatoms. The molecule has 0 bridgehead atoms. The van der Waals surface area contributed by atoms with Crippen molar-refractivity contribution >= 4 is 45.8 Å². The van der Waals surface area contributed by atoms with Crippen LogP contribution < -0.4 is 14.4 Å². The number of benzene rings is 3. The number of amides is 2. The number of rotatable bonds is 7. The van der Waals surface area contributed by atoms with Crippen molar-refractivity contribution in [3.05, 3.63) is 64.2 Å². The average molecular weight is 562 g/mol. The van der Waals surface area contributed by atoms with E-state index in [0.29, 0.717) is 4.90 Å². The minimum atomic E-state index is -4.81. The third kappa shape index (κ3) is 5.47. The van der Waals surface area contributed by atoms with Gasteiger partial charge in [0.25, 0.3) is 11.8 Å². The maximum atomic E-state index is 13.5. The molecule has 0 unspecified atom stereocenters. The van der Waals surface area contributed by atoms with Crippen LogP contribution in [0.3, 0.4) is 0 Å². The maximum Gasteiger partial charge on any atom is 0.422 e. The van der Waals surface area contributed by atoms with E-state index in [9.17, 15) is 40.7 Å². The summed E-state index contributed by atoms with van der Waals surface area (Å²) in [6, 6.07) is 8.28. The SMILES string of the molecule is O=C(O)Cc1ccc(N2C(=O)c3c(OCC(F)(F)F)cc4cccc(OCC(F)(F)F)c4c3C2=O)c(Cl)c1. The zero-order chi connectivity index (χ0) is 28.0. The number of imide groups is 1. The van der Waals surface area contributed by atoms with Crippen LogP contribution in [0, 0.1) is 0 Å².